The van der Waals surface area contributed by atoms with Crippen molar-refractivity contribution in [3.63, 3.8) is 0 Å². The van der Waals surface area contributed by atoms with Gasteiger partial charge in [0.1, 0.15) is 5.71 Å². The molecule has 0 saturated heterocycles. The molecule has 0 spiro atoms. The number of allylic oxidation sites excluding steroid dienone is 4. The Hall–Kier alpha value is -6.13. The summed E-state index contributed by atoms with van der Waals surface area (Å²) < 4.78 is 0. The van der Waals surface area contributed by atoms with E-state index in [9.17, 15) is 0 Å². The molecular weight excluding hydrogens is 548 g/mol. The maximum Gasteiger partial charge on any atom is 0.109 e. The minimum Gasteiger partial charge on any atom is -0.299 e. The van der Waals surface area contributed by atoms with Gasteiger partial charge >= 0.3 is 0 Å². The fourth-order valence-electron chi connectivity index (χ4n) is 6.31. The van der Waals surface area contributed by atoms with Gasteiger partial charge in [-0.05, 0) is 108 Å². The van der Waals surface area contributed by atoms with Crippen LogP contribution in [0.1, 0.15) is 5.56 Å². The minimum absolute atomic E-state index is 0.359. The van der Waals surface area contributed by atoms with Gasteiger partial charge in [0.15, 0.2) is 0 Å². The number of rotatable bonds is 5. The molecule has 1 aromatic heterocycles. The zero-order valence-electron chi connectivity index (χ0n) is 24.4. The van der Waals surface area contributed by atoms with Crippen molar-refractivity contribution in [3.05, 3.63) is 164 Å². The SMILES string of the molecule is N=C1C=CC(c2c3ccccc3c(-c3ccc4ccccc4c3)c3ccccc23)=C/C1=N/Nc1cccc(-c2ccncc2)c1. The number of aromatic nitrogens is 1. The fraction of sp³-hybridized carbons (Fsp3) is 0. The third kappa shape index (κ3) is 4.89. The Kier molecular flexibility index (Phi) is 6.58. The molecule has 7 aromatic rings. The summed E-state index contributed by atoms with van der Waals surface area (Å²) in [5.41, 5.74) is 11.7. The zero-order valence-corrected chi connectivity index (χ0v) is 24.4. The third-order valence-electron chi connectivity index (χ3n) is 8.44. The number of nitrogens with one attached hydrogen (secondary N) is 2. The van der Waals surface area contributed by atoms with E-state index >= 15 is 0 Å². The Morgan fingerprint density at radius 2 is 1.20 bits per heavy atom. The Morgan fingerprint density at radius 1 is 0.533 bits per heavy atom. The Balaban J connectivity index is 1.25. The first-order valence-electron chi connectivity index (χ1n) is 15.0. The van der Waals surface area contributed by atoms with Gasteiger partial charge in [0, 0.05) is 12.4 Å². The average Bonchev–Trinajstić information content (AvgIpc) is 3.10. The second-order valence-electron chi connectivity index (χ2n) is 11.2. The molecule has 45 heavy (non-hydrogen) atoms. The molecule has 0 unspecified atom stereocenters. The first kappa shape index (κ1) is 26.5. The zero-order chi connectivity index (χ0) is 30.2. The molecule has 2 N–H and O–H groups in total. The maximum absolute atomic E-state index is 8.67. The number of anilines is 1. The highest BCUT2D eigenvalue weighted by atomic mass is 15.3. The van der Waals surface area contributed by atoms with Crippen molar-refractivity contribution in [2.75, 3.05) is 5.43 Å². The largest absolute Gasteiger partial charge is 0.299 e. The van der Waals surface area contributed by atoms with E-state index in [1.54, 1.807) is 12.4 Å². The lowest BCUT2D eigenvalue weighted by Crippen LogP contribution is -2.14. The van der Waals surface area contributed by atoms with Crippen molar-refractivity contribution >= 4 is 55.0 Å². The molecule has 0 bridgehead atoms. The molecule has 0 radical (unpaired) electrons. The van der Waals surface area contributed by atoms with Gasteiger partial charge in [-0.3, -0.25) is 15.8 Å². The van der Waals surface area contributed by atoms with Crippen LogP contribution in [0.4, 0.5) is 5.69 Å². The van der Waals surface area contributed by atoms with Crippen LogP contribution in [0.15, 0.2) is 163 Å². The lowest BCUT2D eigenvalue weighted by Gasteiger charge is -2.20. The molecule has 0 aliphatic heterocycles. The molecule has 8 rings (SSSR count). The van der Waals surface area contributed by atoms with E-state index in [2.05, 4.69) is 114 Å². The van der Waals surface area contributed by atoms with Gasteiger partial charge in [-0.2, -0.15) is 5.10 Å². The number of hydrazone groups is 1. The van der Waals surface area contributed by atoms with Gasteiger partial charge in [0.25, 0.3) is 0 Å². The summed E-state index contributed by atoms with van der Waals surface area (Å²) in [4.78, 5) is 4.13. The van der Waals surface area contributed by atoms with Crippen molar-refractivity contribution in [3.8, 4) is 22.3 Å². The molecular formula is C41H28N4. The predicted octanol–water partition coefficient (Wildman–Crippen LogP) is 10.3. The van der Waals surface area contributed by atoms with E-state index in [0.717, 1.165) is 28.0 Å². The van der Waals surface area contributed by atoms with Crippen LogP contribution in [0, 0.1) is 5.41 Å². The van der Waals surface area contributed by atoms with E-state index < -0.39 is 0 Å². The molecule has 1 heterocycles. The van der Waals surface area contributed by atoms with Gasteiger partial charge in [0.2, 0.25) is 0 Å². The van der Waals surface area contributed by atoms with Crippen LogP contribution >= 0.6 is 0 Å². The summed E-state index contributed by atoms with van der Waals surface area (Å²) in [6, 6.07) is 44.6. The molecule has 1 aliphatic rings. The van der Waals surface area contributed by atoms with Crippen molar-refractivity contribution in [2.24, 2.45) is 5.10 Å². The third-order valence-corrected chi connectivity index (χ3v) is 8.44. The molecule has 1 aliphatic carbocycles. The summed E-state index contributed by atoms with van der Waals surface area (Å²) in [5.74, 6) is 0. The van der Waals surface area contributed by atoms with Gasteiger partial charge in [-0.15, -0.1) is 0 Å². The number of pyridine rings is 1. The van der Waals surface area contributed by atoms with Gasteiger partial charge in [-0.25, -0.2) is 0 Å². The summed E-state index contributed by atoms with van der Waals surface area (Å²) in [6.07, 6.45) is 9.48. The Bertz CT molecular complexity index is 2310. The van der Waals surface area contributed by atoms with Crippen molar-refractivity contribution in [2.45, 2.75) is 0 Å². The standard InChI is InChI=1S/C41H28N4/c42-38-19-18-32(26-39(38)45-44-33-11-7-10-30(25-33)28-20-22-43-23-21-28)41-36-14-5-3-12-34(36)40(35-13-4-6-15-37(35)41)31-17-16-27-8-1-2-9-29(27)24-31/h1-26,42,44H/b42-38?,45-39-. The summed E-state index contributed by atoms with van der Waals surface area (Å²) in [7, 11) is 0. The van der Waals surface area contributed by atoms with E-state index in [-0.39, 0.29) is 0 Å². The van der Waals surface area contributed by atoms with Crippen LogP contribution < -0.4 is 5.43 Å². The van der Waals surface area contributed by atoms with E-state index in [1.807, 2.05) is 42.5 Å². The quantitative estimate of drug-likeness (QED) is 0.122. The lowest BCUT2D eigenvalue weighted by molar-refractivity contribution is 1.32. The highest BCUT2D eigenvalue weighted by molar-refractivity contribution is 6.52. The Labute approximate surface area is 261 Å². The fourth-order valence-corrected chi connectivity index (χ4v) is 6.31. The molecule has 212 valence electrons. The number of nitrogens with zero attached hydrogens (tertiary/aromatic N) is 2. The van der Waals surface area contributed by atoms with Crippen LogP contribution in [0.2, 0.25) is 0 Å². The van der Waals surface area contributed by atoms with Gasteiger partial charge < -0.3 is 0 Å². The predicted molar refractivity (Wildman–Crippen MR) is 190 cm³/mol. The Morgan fingerprint density at radius 3 is 1.93 bits per heavy atom. The topological polar surface area (TPSA) is 61.1 Å². The monoisotopic (exact) mass is 576 g/mol. The number of hydrogen-bond acceptors (Lipinski definition) is 4. The highest BCUT2D eigenvalue weighted by Crippen LogP contribution is 2.43. The van der Waals surface area contributed by atoms with E-state index in [4.69, 9.17) is 10.5 Å². The molecule has 0 amide bonds. The second kappa shape index (κ2) is 11.2. The molecule has 4 nitrogen and oxygen atoms in total. The number of fused-ring (bicyclic) bond motifs is 3. The van der Waals surface area contributed by atoms with Crippen LogP contribution in [-0.2, 0) is 0 Å². The van der Waals surface area contributed by atoms with Crippen LogP contribution in [0.5, 0.6) is 0 Å². The second-order valence-corrected chi connectivity index (χ2v) is 11.2. The highest BCUT2D eigenvalue weighted by Gasteiger charge is 2.19. The summed E-state index contributed by atoms with van der Waals surface area (Å²) in [5, 5.41) is 20.6. The van der Waals surface area contributed by atoms with Crippen LogP contribution in [-0.4, -0.2) is 16.4 Å². The number of benzene rings is 6. The lowest BCUT2D eigenvalue weighted by atomic mass is 9.84. The smallest absolute Gasteiger partial charge is 0.109 e. The van der Waals surface area contributed by atoms with E-state index in [0.29, 0.717) is 11.4 Å². The molecule has 0 saturated carbocycles. The normalized spacial score (nSPS) is 13.9. The van der Waals surface area contributed by atoms with Crippen molar-refractivity contribution in [1.29, 1.82) is 5.41 Å². The van der Waals surface area contributed by atoms with Gasteiger partial charge in [-0.1, -0.05) is 103 Å². The number of hydrogen-bond donors (Lipinski definition) is 2. The minimum atomic E-state index is 0.359. The first-order valence-corrected chi connectivity index (χ1v) is 15.0. The maximum atomic E-state index is 8.67. The molecule has 0 atom stereocenters. The molecule has 0 fully saturated rings. The molecule has 6 aromatic carbocycles. The van der Waals surface area contributed by atoms with E-state index in [1.165, 1.54) is 43.4 Å². The summed E-state index contributed by atoms with van der Waals surface area (Å²) in [6.45, 7) is 0. The summed E-state index contributed by atoms with van der Waals surface area (Å²) >= 11 is 0. The molecule has 4 heteroatoms. The van der Waals surface area contributed by atoms with Crippen LogP contribution in [0.3, 0.4) is 0 Å². The van der Waals surface area contributed by atoms with Crippen molar-refractivity contribution < 1.29 is 0 Å². The van der Waals surface area contributed by atoms with Crippen LogP contribution in [0.25, 0.3) is 60.1 Å². The average molecular weight is 577 g/mol. The first-order chi connectivity index (χ1) is 22.2. The van der Waals surface area contributed by atoms with Gasteiger partial charge in [0.05, 0.1) is 11.4 Å². The van der Waals surface area contributed by atoms with Crippen molar-refractivity contribution in [1.82, 2.24) is 4.98 Å².